The maximum absolute atomic E-state index is 5.35. The average molecular weight is 297 g/mol. The lowest BCUT2D eigenvalue weighted by molar-refractivity contribution is 0.0341. The molecule has 0 atom stereocenters. The molecule has 0 amide bonds. The fourth-order valence-electron chi connectivity index (χ4n) is 2.07. The van der Waals surface area contributed by atoms with Crippen LogP contribution in [0.3, 0.4) is 0 Å². The van der Waals surface area contributed by atoms with Crippen molar-refractivity contribution in [3.63, 3.8) is 0 Å². The van der Waals surface area contributed by atoms with Crippen molar-refractivity contribution in [2.75, 3.05) is 26.3 Å². The summed E-state index contributed by atoms with van der Waals surface area (Å²) in [6.45, 7) is 6.44. The van der Waals surface area contributed by atoms with Crippen molar-refractivity contribution in [2.45, 2.75) is 13.5 Å². The van der Waals surface area contributed by atoms with Crippen LogP contribution < -0.4 is 0 Å². The Morgan fingerprint density at radius 2 is 2.11 bits per heavy atom. The largest absolute Gasteiger partial charge is 0.379 e. The number of morpholine rings is 1. The molecule has 0 radical (unpaired) electrons. The van der Waals surface area contributed by atoms with Crippen LogP contribution in [0.2, 0.25) is 0 Å². The van der Waals surface area contributed by atoms with E-state index in [1.807, 2.05) is 6.92 Å². The lowest BCUT2D eigenvalue weighted by Gasteiger charge is -2.25. The van der Waals surface area contributed by atoms with Crippen LogP contribution in [0.15, 0.2) is 0 Å². The molecular weight excluding hydrogens is 282 g/mol. The summed E-state index contributed by atoms with van der Waals surface area (Å²) < 4.78 is 5.82. The van der Waals surface area contributed by atoms with E-state index >= 15 is 0 Å². The number of hydrogen-bond donors (Lipinski definition) is 2. The van der Waals surface area contributed by atoms with E-state index in [1.54, 1.807) is 11.3 Å². The van der Waals surface area contributed by atoms with Crippen molar-refractivity contribution >= 4 is 23.6 Å². The van der Waals surface area contributed by atoms with Crippen LogP contribution in [0.5, 0.6) is 0 Å². The van der Waals surface area contributed by atoms with Crippen LogP contribution >= 0.6 is 23.6 Å². The highest BCUT2D eigenvalue weighted by molar-refractivity contribution is 7.71. The van der Waals surface area contributed by atoms with Gasteiger partial charge in [-0.2, -0.15) is 4.98 Å². The summed E-state index contributed by atoms with van der Waals surface area (Å²) in [6, 6.07) is 0. The first-order valence-electron chi connectivity index (χ1n) is 6.14. The molecule has 6 nitrogen and oxygen atoms in total. The Morgan fingerprint density at radius 3 is 2.79 bits per heavy atom. The first kappa shape index (κ1) is 12.9. The zero-order valence-corrected chi connectivity index (χ0v) is 12.2. The molecule has 2 aromatic rings. The summed E-state index contributed by atoms with van der Waals surface area (Å²) in [6.07, 6.45) is 0. The second-order valence-electron chi connectivity index (χ2n) is 4.43. The predicted molar refractivity (Wildman–Crippen MR) is 75.7 cm³/mol. The molecular formula is C11H15N5OS2. The number of aromatic nitrogens is 4. The number of ether oxygens (including phenoxy) is 1. The Kier molecular flexibility index (Phi) is 3.74. The Labute approximate surface area is 119 Å². The Bertz CT molecular complexity index is 611. The third-order valence-corrected chi connectivity index (χ3v) is 4.36. The van der Waals surface area contributed by atoms with Gasteiger partial charge in [-0.3, -0.25) is 15.1 Å². The third-order valence-electron chi connectivity index (χ3n) is 3.02. The van der Waals surface area contributed by atoms with E-state index in [4.69, 9.17) is 17.0 Å². The van der Waals surface area contributed by atoms with Crippen molar-refractivity contribution in [3.8, 4) is 10.7 Å². The van der Waals surface area contributed by atoms with Crippen molar-refractivity contribution < 1.29 is 4.74 Å². The van der Waals surface area contributed by atoms with Gasteiger partial charge in [0.2, 0.25) is 4.77 Å². The minimum Gasteiger partial charge on any atom is -0.379 e. The van der Waals surface area contributed by atoms with E-state index < -0.39 is 0 Å². The molecule has 2 aromatic heterocycles. The lowest BCUT2D eigenvalue weighted by Crippen LogP contribution is -2.35. The van der Waals surface area contributed by atoms with Gasteiger partial charge in [0.15, 0.2) is 5.82 Å². The summed E-state index contributed by atoms with van der Waals surface area (Å²) in [5.74, 6) is 0.772. The molecule has 0 aliphatic carbocycles. The minimum absolute atomic E-state index is 0.470. The quantitative estimate of drug-likeness (QED) is 0.844. The molecule has 8 heteroatoms. The maximum Gasteiger partial charge on any atom is 0.213 e. The van der Waals surface area contributed by atoms with Gasteiger partial charge in [-0.15, -0.1) is 11.3 Å². The van der Waals surface area contributed by atoms with E-state index in [9.17, 15) is 0 Å². The van der Waals surface area contributed by atoms with E-state index in [0.717, 1.165) is 54.3 Å². The highest BCUT2D eigenvalue weighted by atomic mass is 32.1. The molecule has 0 bridgehead atoms. The van der Waals surface area contributed by atoms with Gasteiger partial charge in [-0.25, -0.2) is 4.98 Å². The molecule has 3 rings (SSSR count). The van der Waals surface area contributed by atoms with Crippen LogP contribution in [-0.4, -0.2) is 51.4 Å². The summed E-state index contributed by atoms with van der Waals surface area (Å²) >= 11 is 6.64. The van der Waals surface area contributed by atoms with Gasteiger partial charge in [-0.05, 0) is 19.1 Å². The van der Waals surface area contributed by atoms with E-state index in [-0.39, 0.29) is 0 Å². The molecule has 3 heterocycles. The summed E-state index contributed by atoms with van der Waals surface area (Å²) in [4.78, 5) is 12.3. The molecule has 1 aliphatic rings. The van der Waals surface area contributed by atoms with E-state index in [2.05, 4.69) is 25.1 Å². The van der Waals surface area contributed by atoms with Crippen LogP contribution in [-0.2, 0) is 11.3 Å². The zero-order valence-electron chi connectivity index (χ0n) is 10.6. The van der Waals surface area contributed by atoms with Crippen molar-refractivity contribution in [1.82, 2.24) is 25.1 Å². The highest BCUT2D eigenvalue weighted by Crippen LogP contribution is 2.27. The Morgan fingerprint density at radius 1 is 1.32 bits per heavy atom. The van der Waals surface area contributed by atoms with E-state index in [0.29, 0.717) is 4.77 Å². The number of nitrogens with zero attached hydrogens (tertiary/aromatic N) is 3. The molecule has 0 aromatic carbocycles. The number of aromatic amines is 2. The van der Waals surface area contributed by atoms with Gasteiger partial charge in [-0.1, -0.05) is 0 Å². The van der Waals surface area contributed by atoms with Crippen molar-refractivity contribution in [2.24, 2.45) is 0 Å². The lowest BCUT2D eigenvalue weighted by atomic mass is 10.4. The zero-order chi connectivity index (χ0) is 13.2. The maximum atomic E-state index is 5.35. The molecule has 1 aliphatic heterocycles. The number of nitrogens with one attached hydrogen (secondary N) is 2. The number of thiazole rings is 1. The van der Waals surface area contributed by atoms with Crippen molar-refractivity contribution in [3.05, 3.63) is 15.5 Å². The Balaban J connectivity index is 1.79. The number of hydrogen-bond acceptors (Lipinski definition) is 6. The van der Waals surface area contributed by atoms with Crippen molar-refractivity contribution in [1.29, 1.82) is 0 Å². The summed E-state index contributed by atoms with van der Waals surface area (Å²) in [5.41, 5.74) is 0.992. The van der Waals surface area contributed by atoms with Crippen LogP contribution in [0.1, 0.15) is 10.7 Å². The van der Waals surface area contributed by atoms with Crippen LogP contribution in [0.25, 0.3) is 10.7 Å². The van der Waals surface area contributed by atoms with Gasteiger partial charge < -0.3 is 4.74 Å². The summed E-state index contributed by atoms with van der Waals surface area (Å²) in [5, 5.41) is 6.90. The average Bonchev–Trinajstić information content (AvgIpc) is 2.97. The molecule has 0 saturated carbocycles. The SMILES string of the molecule is Cc1nc(CN2CCOCC2)sc1-c1nc(=S)[nH][nH]1. The smallest absolute Gasteiger partial charge is 0.213 e. The second-order valence-corrected chi connectivity index (χ2v) is 5.90. The van der Waals surface area contributed by atoms with Crippen LogP contribution in [0, 0.1) is 11.7 Å². The molecule has 1 saturated heterocycles. The number of H-pyrrole nitrogens is 2. The first-order chi connectivity index (χ1) is 9.22. The molecule has 1 fully saturated rings. The number of aryl methyl sites for hydroxylation is 1. The van der Waals surface area contributed by atoms with Gasteiger partial charge >= 0.3 is 0 Å². The number of rotatable bonds is 3. The Hall–Kier alpha value is -1.09. The monoisotopic (exact) mass is 297 g/mol. The predicted octanol–water partition coefficient (Wildman–Crippen LogP) is 1.73. The molecule has 19 heavy (non-hydrogen) atoms. The van der Waals surface area contributed by atoms with Crippen LogP contribution in [0.4, 0.5) is 0 Å². The first-order valence-corrected chi connectivity index (χ1v) is 7.36. The fourth-order valence-corrected chi connectivity index (χ4v) is 3.26. The molecule has 102 valence electrons. The standard InChI is InChI=1S/C11H15N5OS2/c1-7-9(10-13-11(18)15-14-10)19-8(12-7)6-16-2-4-17-5-3-16/h2-6H2,1H3,(H2,13,14,15,18). The highest BCUT2D eigenvalue weighted by Gasteiger charge is 2.16. The van der Waals surface area contributed by atoms with Gasteiger partial charge in [0.25, 0.3) is 0 Å². The second kappa shape index (κ2) is 5.49. The normalized spacial score (nSPS) is 16.9. The fraction of sp³-hybridized carbons (Fsp3) is 0.545. The molecule has 0 unspecified atom stereocenters. The van der Waals surface area contributed by atoms with Gasteiger partial charge in [0, 0.05) is 13.1 Å². The van der Waals surface area contributed by atoms with Gasteiger partial charge in [0.05, 0.1) is 30.3 Å². The minimum atomic E-state index is 0.470. The van der Waals surface area contributed by atoms with Gasteiger partial charge in [0.1, 0.15) is 5.01 Å². The molecule has 2 N–H and O–H groups in total. The summed E-state index contributed by atoms with van der Waals surface area (Å²) in [7, 11) is 0. The van der Waals surface area contributed by atoms with E-state index in [1.165, 1.54) is 0 Å². The molecule has 0 spiro atoms. The third kappa shape index (κ3) is 2.92. The topological polar surface area (TPSA) is 69.8 Å².